The van der Waals surface area contributed by atoms with Crippen molar-refractivity contribution in [1.82, 2.24) is 10.2 Å². The molecule has 1 unspecified atom stereocenters. The van der Waals surface area contributed by atoms with Gasteiger partial charge in [-0.1, -0.05) is 0 Å². The number of hydrogen-bond donors (Lipinski definition) is 1. The van der Waals surface area contributed by atoms with Crippen LogP contribution in [0.1, 0.15) is 20.3 Å². The molecule has 1 rings (SSSR count). The van der Waals surface area contributed by atoms with Crippen LogP contribution in [0.4, 0.5) is 0 Å². The fourth-order valence-corrected chi connectivity index (χ4v) is 1.65. The number of nitrogens with one attached hydrogen (secondary N) is 1. The van der Waals surface area contributed by atoms with Crippen molar-refractivity contribution in [1.29, 1.82) is 5.26 Å². The predicted octanol–water partition coefficient (Wildman–Crippen LogP) is 0.109. The molecule has 72 valence electrons. The zero-order valence-corrected chi connectivity index (χ0v) is 8.08. The highest BCUT2D eigenvalue weighted by Crippen LogP contribution is 2.11. The lowest BCUT2D eigenvalue weighted by Crippen LogP contribution is -2.57. The van der Waals surface area contributed by atoms with Crippen molar-refractivity contribution in [3.63, 3.8) is 0 Å². The molecule has 1 amide bonds. The molecule has 0 saturated carbocycles. The van der Waals surface area contributed by atoms with Crippen molar-refractivity contribution < 1.29 is 4.79 Å². The number of piperazine rings is 1. The largest absolute Gasteiger partial charge is 0.353 e. The molecule has 1 N–H and O–H groups in total. The maximum absolute atomic E-state index is 11.4. The number of amides is 1. The zero-order valence-electron chi connectivity index (χ0n) is 8.08. The van der Waals surface area contributed by atoms with Crippen molar-refractivity contribution in [2.45, 2.75) is 32.4 Å². The monoisotopic (exact) mass is 181 g/mol. The maximum atomic E-state index is 11.4. The van der Waals surface area contributed by atoms with Crippen LogP contribution in [0.3, 0.4) is 0 Å². The molecule has 4 nitrogen and oxygen atoms in total. The zero-order chi connectivity index (χ0) is 9.84. The molecule has 4 heteroatoms. The van der Waals surface area contributed by atoms with Gasteiger partial charge in [0.25, 0.3) is 0 Å². The van der Waals surface area contributed by atoms with Gasteiger partial charge >= 0.3 is 0 Å². The third-order valence-corrected chi connectivity index (χ3v) is 2.32. The molecule has 1 saturated heterocycles. The van der Waals surface area contributed by atoms with E-state index in [1.807, 2.05) is 13.8 Å². The summed E-state index contributed by atoms with van der Waals surface area (Å²) in [6, 6.07) is 2.12. The molecule has 1 fully saturated rings. The van der Waals surface area contributed by atoms with Crippen LogP contribution in [0.5, 0.6) is 0 Å². The smallest absolute Gasteiger partial charge is 0.238 e. The average molecular weight is 181 g/mol. The molecular formula is C9H15N3O. The average Bonchev–Trinajstić information content (AvgIpc) is 2.08. The highest BCUT2D eigenvalue weighted by atomic mass is 16.2. The number of nitriles is 1. The molecule has 13 heavy (non-hydrogen) atoms. The summed E-state index contributed by atoms with van der Waals surface area (Å²) in [7, 11) is 0. The first kappa shape index (κ1) is 10.0. The summed E-state index contributed by atoms with van der Waals surface area (Å²) in [5.74, 6) is -0.0125. The third kappa shape index (κ3) is 2.19. The van der Waals surface area contributed by atoms with Gasteiger partial charge in [0.2, 0.25) is 5.91 Å². The summed E-state index contributed by atoms with van der Waals surface area (Å²) < 4.78 is 0. The van der Waals surface area contributed by atoms with Crippen molar-refractivity contribution in [3.05, 3.63) is 0 Å². The van der Waals surface area contributed by atoms with Gasteiger partial charge in [-0.3, -0.25) is 9.69 Å². The van der Waals surface area contributed by atoms with Crippen molar-refractivity contribution >= 4 is 5.91 Å². The van der Waals surface area contributed by atoms with E-state index in [0.29, 0.717) is 12.6 Å². The summed E-state index contributed by atoms with van der Waals surface area (Å²) in [6.07, 6.45) is 0.282. The van der Waals surface area contributed by atoms with Gasteiger partial charge in [-0.05, 0) is 13.8 Å². The molecule has 0 aromatic carbocycles. The Morgan fingerprint density at radius 3 is 3.00 bits per heavy atom. The van der Waals surface area contributed by atoms with E-state index in [1.165, 1.54) is 0 Å². The van der Waals surface area contributed by atoms with Gasteiger partial charge in [-0.25, -0.2) is 0 Å². The fraction of sp³-hybridized carbons (Fsp3) is 0.778. The lowest BCUT2D eigenvalue weighted by molar-refractivity contribution is -0.129. The molecule has 0 aliphatic carbocycles. The van der Waals surface area contributed by atoms with Crippen LogP contribution in [0.2, 0.25) is 0 Å². The Kier molecular flexibility index (Phi) is 3.26. The predicted molar refractivity (Wildman–Crippen MR) is 48.9 cm³/mol. The van der Waals surface area contributed by atoms with Crippen LogP contribution in [0, 0.1) is 11.3 Å². The summed E-state index contributed by atoms with van der Waals surface area (Å²) in [4.78, 5) is 13.5. The van der Waals surface area contributed by atoms with E-state index in [-0.39, 0.29) is 18.4 Å². The molecule has 0 spiro atoms. The van der Waals surface area contributed by atoms with E-state index in [1.54, 1.807) is 0 Å². The molecule has 1 heterocycles. The van der Waals surface area contributed by atoms with E-state index in [4.69, 9.17) is 5.26 Å². The van der Waals surface area contributed by atoms with Crippen LogP contribution in [-0.2, 0) is 4.79 Å². The van der Waals surface area contributed by atoms with Crippen molar-refractivity contribution in [2.24, 2.45) is 0 Å². The first-order valence-electron chi connectivity index (χ1n) is 4.57. The van der Waals surface area contributed by atoms with Gasteiger partial charge in [-0.15, -0.1) is 0 Å². The Morgan fingerprint density at radius 1 is 1.77 bits per heavy atom. The Morgan fingerprint density at radius 2 is 2.46 bits per heavy atom. The Labute approximate surface area is 78.5 Å². The highest BCUT2D eigenvalue weighted by Gasteiger charge is 2.30. The first-order valence-corrected chi connectivity index (χ1v) is 4.57. The van der Waals surface area contributed by atoms with E-state index in [9.17, 15) is 4.79 Å². The van der Waals surface area contributed by atoms with Crippen LogP contribution in [0.15, 0.2) is 0 Å². The van der Waals surface area contributed by atoms with Gasteiger partial charge in [-0.2, -0.15) is 5.26 Å². The second-order valence-electron chi connectivity index (χ2n) is 3.50. The Balaban J connectivity index is 2.69. The van der Waals surface area contributed by atoms with Crippen LogP contribution in [-0.4, -0.2) is 36.0 Å². The number of nitrogens with zero attached hydrogens (tertiary/aromatic N) is 2. The molecule has 0 radical (unpaired) electrons. The minimum absolute atomic E-state index is 0.0125. The number of rotatable bonds is 2. The van der Waals surface area contributed by atoms with Gasteiger partial charge in [0.1, 0.15) is 6.04 Å². The van der Waals surface area contributed by atoms with E-state index in [0.717, 1.165) is 6.54 Å². The topological polar surface area (TPSA) is 56.1 Å². The molecule has 0 aromatic rings. The number of carbonyl (C=O) groups is 1. The number of carbonyl (C=O) groups excluding carboxylic acids is 1. The van der Waals surface area contributed by atoms with Crippen molar-refractivity contribution in [2.75, 3.05) is 13.1 Å². The molecule has 0 bridgehead atoms. The SMILES string of the molecule is CC(C)N1CCNC(=O)C1CC#N. The van der Waals surface area contributed by atoms with E-state index >= 15 is 0 Å². The van der Waals surface area contributed by atoms with Gasteiger partial charge in [0.05, 0.1) is 12.5 Å². The number of hydrogen-bond acceptors (Lipinski definition) is 3. The summed E-state index contributed by atoms with van der Waals surface area (Å²) in [5.41, 5.74) is 0. The molecule has 0 aromatic heterocycles. The highest BCUT2D eigenvalue weighted by molar-refractivity contribution is 5.82. The van der Waals surface area contributed by atoms with Crippen molar-refractivity contribution in [3.8, 4) is 6.07 Å². The maximum Gasteiger partial charge on any atom is 0.238 e. The Bertz CT molecular complexity index is 232. The lowest BCUT2D eigenvalue weighted by atomic mass is 10.1. The normalized spacial score (nSPS) is 24.2. The minimum atomic E-state index is -0.251. The Hall–Kier alpha value is -1.08. The quantitative estimate of drug-likeness (QED) is 0.657. The minimum Gasteiger partial charge on any atom is -0.353 e. The molecular weight excluding hydrogens is 166 g/mol. The third-order valence-electron chi connectivity index (χ3n) is 2.32. The second kappa shape index (κ2) is 4.24. The summed E-state index contributed by atoms with van der Waals surface area (Å²) >= 11 is 0. The van der Waals surface area contributed by atoms with Crippen LogP contribution >= 0.6 is 0 Å². The fourth-order valence-electron chi connectivity index (χ4n) is 1.65. The van der Waals surface area contributed by atoms with Crippen LogP contribution < -0.4 is 5.32 Å². The first-order chi connectivity index (χ1) is 6.16. The second-order valence-corrected chi connectivity index (χ2v) is 3.50. The molecule has 1 aliphatic rings. The van der Waals surface area contributed by atoms with Gasteiger partial charge in [0.15, 0.2) is 0 Å². The molecule has 1 aliphatic heterocycles. The summed E-state index contributed by atoms with van der Waals surface area (Å²) in [5, 5.41) is 11.3. The van der Waals surface area contributed by atoms with E-state index < -0.39 is 0 Å². The standard InChI is InChI=1S/C9H15N3O/c1-7(2)12-6-5-11-9(13)8(12)3-4-10/h7-8H,3,5-6H2,1-2H3,(H,11,13). The lowest BCUT2D eigenvalue weighted by Gasteiger charge is -2.36. The molecule has 1 atom stereocenters. The van der Waals surface area contributed by atoms with Gasteiger partial charge in [0, 0.05) is 19.1 Å². The summed E-state index contributed by atoms with van der Waals surface area (Å²) in [6.45, 7) is 5.63. The van der Waals surface area contributed by atoms with Gasteiger partial charge < -0.3 is 5.32 Å². The van der Waals surface area contributed by atoms with Crippen LogP contribution in [0.25, 0.3) is 0 Å². The van der Waals surface area contributed by atoms with E-state index in [2.05, 4.69) is 16.3 Å².